The van der Waals surface area contributed by atoms with Crippen LogP contribution < -0.4 is 10.5 Å². The highest BCUT2D eigenvalue weighted by molar-refractivity contribution is 5.58. The molecule has 3 unspecified atom stereocenters. The maximum Gasteiger partial charge on any atom is 0.259 e. The van der Waals surface area contributed by atoms with E-state index >= 15 is 0 Å². The van der Waals surface area contributed by atoms with E-state index in [0.29, 0.717) is 42.7 Å². The Hall–Kier alpha value is -2.21. The quantitative estimate of drug-likeness (QED) is 0.778. The van der Waals surface area contributed by atoms with Crippen LogP contribution in [0.2, 0.25) is 0 Å². The van der Waals surface area contributed by atoms with Crippen molar-refractivity contribution >= 4 is 11.6 Å². The number of aromatic nitrogens is 2. The molecule has 0 radical (unpaired) electrons. The van der Waals surface area contributed by atoms with Crippen molar-refractivity contribution in [1.82, 2.24) is 14.5 Å². The molecule has 2 heterocycles. The first-order chi connectivity index (χ1) is 13.4. The molecule has 3 atom stereocenters. The summed E-state index contributed by atoms with van der Waals surface area (Å²) in [5, 5.41) is 0. The van der Waals surface area contributed by atoms with Gasteiger partial charge in [-0.1, -0.05) is 26.7 Å². The van der Waals surface area contributed by atoms with E-state index in [1.54, 1.807) is 16.7 Å². The van der Waals surface area contributed by atoms with E-state index in [0.717, 1.165) is 17.8 Å². The minimum absolute atomic E-state index is 0.0100. The summed E-state index contributed by atoms with van der Waals surface area (Å²) >= 11 is 0. The molecule has 0 spiro atoms. The van der Waals surface area contributed by atoms with Crippen LogP contribution >= 0.6 is 0 Å². The second kappa shape index (κ2) is 7.32. The Morgan fingerprint density at radius 2 is 1.79 bits per heavy atom. The van der Waals surface area contributed by atoms with Gasteiger partial charge in [-0.05, 0) is 56.4 Å². The van der Waals surface area contributed by atoms with E-state index in [1.165, 1.54) is 25.0 Å². The maximum atomic E-state index is 13.5. The number of halogens is 1. The zero-order chi connectivity index (χ0) is 20.0. The number of aryl methyl sites for hydroxylation is 1. The molecule has 1 saturated carbocycles. The van der Waals surface area contributed by atoms with Crippen LogP contribution in [0.25, 0.3) is 0 Å². The Morgan fingerprint density at radius 1 is 1.07 bits per heavy atom. The van der Waals surface area contributed by atoms with Gasteiger partial charge in [-0.15, -0.1) is 0 Å². The summed E-state index contributed by atoms with van der Waals surface area (Å²) in [6.45, 7) is 9.58. The van der Waals surface area contributed by atoms with Gasteiger partial charge in [0.2, 0.25) is 5.95 Å². The fourth-order valence-electron chi connectivity index (χ4n) is 4.64. The average Bonchev–Trinajstić information content (AvgIpc) is 2.69. The Bertz CT molecular complexity index is 923. The molecule has 1 fully saturated rings. The number of rotatable bonds is 2. The molecule has 1 aliphatic carbocycles. The van der Waals surface area contributed by atoms with Crippen molar-refractivity contribution in [2.45, 2.75) is 59.7 Å². The smallest absolute Gasteiger partial charge is 0.259 e. The van der Waals surface area contributed by atoms with Crippen molar-refractivity contribution in [3.05, 3.63) is 51.7 Å². The van der Waals surface area contributed by atoms with Gasteiger partial charge in [0.1, 0.15) is 5.82 Å². The van der Waals surface area contributed by atoms with Crippen LogP contribution in [-0.2, 0) is 6.67 Å². The lowest BCUT2D eigenvalue weighted by Crippen LogP contribution is -2.54. The standard InChI is InChI=1S/C22H29FN4O/c1-14-6-5-7-20(15(14)2)25-12-26(19-10-8-18(23)9-11-19)22-24-17(4)16(3)21(28)27(22)13-25/h8-11,14-15,20H,5-7,12-13H2,1-4H3. The first-order valence-electron chi connectivity index (χ1n) is 10.2. The summed E-state index contributed by atoms with van der Waals surface area (Å²) in [7, 11) is 0. The Kier molecular flexibility index (Phi) is 5.00. The molecule has 1 aromatic heterocycles. The van der Waals surface area contributed by atoms with Gasteiger partial charge in [-0.2, -0.15) is 0 Å². The van der Waals surface area contributed by atoms with Crippen LogP contribution in [0.4, 0.5) is 16.0 Å². The molecule has 4 rings (SSSR count). The van der Waals surface area contributed by atoms with Crippen LogP contribution in [0.5, 0.6) is 0 Å². The third kappa shape index (κ3) is 3.24. The second-order valence-corrected chi connectivity index (χ2v) is 8.47. The van der Waals surface area contributed by atoms with Crippen molar-refractivity contribution in [1.29, 1.82) is 0 Å². The maximum absolute atomic E-state index is 13.5. The molecule has 1 aromatic carbocycles. The monoisotopic (exact) mass is 384 g/mol. The molecule has 28 heavy (non-hydrogen) atoms. The highest BCUT2D eigenvalue weighted by atomic mass is 19.1. The summed E-state index contributed by atoms with van der Waals surface area (Å²) in [5.74, 6) is 1.62. The molecule has 0 N–H and O–H groups in total. The fraction of sp³-hybridized carbons (Fsp3) is 0.545. The molecule has 6 heteroatoms. The third-order valence-corrected chi connectivity index (χ3v) is 6.78. The Balaban J connectivity index is 1.79. The zero-order valence-corrected chi connectivity index (χ0v) is 17.2. The Morgan fingerprint density at radius 3 is 2.50 bits per heavy atom. The number of hydrogen-bond donors (Lipinski definition) is 0. The molecular weight excluding hydrogens is 355 g/mol. The van der Waals surface area contributed by atoms with Crippen molar-refractivity contribution in [2.24, 2.45) is 11.8 Å². The van der Waals surface area contributed by atoms with Gasteiger partial charge in [-0.25, -0.2) is 9.37 Å². The molecule has 0 bridgehead atoms. The van der Waals surface area contributed by atoms with Gasteiger partial charge in [0.15, 0.2) is 0 Å². The summed E-state index contributed by atoms with van der Waals surface area (Å²) < 4.78 is 15.3. The molecular formula is C22H29FN4O. The molecule has 1 aliphatic heterocycles. The van der Waals surface area contributed by atoms with E-state index in [4.69, 9.17) is 4.98 Å². The molecule has 0 amide bonds. The summed E-state index contributed by atoms with van der Waals surface area (Å²) in [6.07, 6.45) is 3.63. The first-order valence-corrected chi connectivity index (χ1v) is 10.2. The molecule has 0 saturated heterocycles. The van der Waals surface area contributed by atoms with E-state index in [9.17, 15) is 9.18 Å². The van der Waals surface area contributed by atoms with Crippen LogP contribution in [0, 0.1) is 31.5 Å². The lowest BCUT2D eigenvalue weighted by Gasteiger charge is -2.46. The van der Waals surface area contributed by atoms with Gasteiger partial charge in [0.05, 0.1) is 13.3 Å². The van der Waals surface area contributed by atoms with Crippen molar-refractivity contribution < 1.29 is 4.39 Å². The van der Waals surface area contributed by atoms with E-state index in [2.05, 4.69) is 18.7 Å². The number of benzene rings is 1. The number of nitrogens with zero attached hydrogens (tertiary/aromatic N) is 4. The largest absolute Gasteiger partial charge is 0.298 e. The molecule has 2 aromatic rings. The lowest BCUT2D eigenvalue weighted by molar-refractivity contribution is 0.0491. The van der Waals surface area contributed by atoms with Gasteiger partial charge in [0.25, 0.3) is 5.56 Å². The predicted molar refractivity (Wildman–Crippen MR) is 109 cm³/mol. The summed E-state index contributed by atoms with van der Waals surface area (Å²) in [4.78, 5) is 22.2. The van der Waals surface area contributed by atoms with Crippen molar-refractivity contribution in [2.75, 3.05) is 11.6 Å². The van der Waals surface area contributed by atoms with Crippen LogP contribution in [0.15, 0.2) is 29.1 Å². The molecule has 5 nitrogen and oxygen atoms in total. The fourth-order valence-corrected chi connectivity index (χ4v) is 4.64. The SMILES string of the molecule is Cc1nc2n(c(=O)c1C)CN(C1CCCC(C)C1C)CN2c1ccc(F)cc1. The molecule has 150 valence electrons. The van der Waals surface area contributed by atoms with Crippen LogP contribution in [0.3, 0.4) is 0 Å². The summed E-state index contributed by atoms with van der Waals surface area (Å²) in [5.41, 5.74) is 2.30. The van der Waals surface area contributed by atoms with Gasteiger partial charge in [0, 0.05) is 23.0 Å². The minimum atomic E-state index is -0.266. The van der Waals surface area contributed by atoms with E-state index in [-0.39, 0.29) is 11.4 Å². The number of hydrogen-bond acceptors (Lipinski definition) is 4. The van der Waals surface area contributed by atoms with Crippen molar-refractivity contribution in [3.63, 3.8) is 0 Å². The second-order valence-electron chi connectivity index (χ2n) is 8.47. The Labute approximate surface area is 165 Å². The van der Waals surface area contributed by atoms with E-state index in [1.807, 2.05) is 18.7 Å². The average molecular weight is 384 g/mol. The predicted octanol–water partition coefficient (Wildman–Crippen LogP) is 4.19. The number of fused-ring (bicyclic) bond motifs is 1. The summed E-state index contributed by atoms with van der Waals surface area (Å²) in [6, 6.07) is 6.87. The van der Waals surface area contributed by atoms with Gasteiger partial charge in [-0.3, -0.25) is 19.2 Å². The van der Waals surface area contributed by atoms with E-state index < -0.39 is 0 Å². The van der Waals surface area contributed by atoms with Crippen molar-refractivity contribution in [3.8, 4) is 0 Å². The lowest BCUT2D eigenvalue weighted by atomic mass is 9.77. The topological polar surface area (TPSA) is 41.4 Å². The highest BCUT2D eigenvalue weighted by Gasteiger charge is 2.36. The normalized spacial score (nSPS) is 25.6. The van der Waals surface area contributed by atoms with Crippen LogP contribution in [-0.4, -0.2) is 27.2 Å². The molecule has 2 aliphatic rings. The van der Waals surface area contributed by atoms with Crippen LogP contribution in [0.1, 0.15) is 44.4 Å². The minimum Gasteiger partial charge on any atom is -0.298 e. The van der Waals surface area contributed by atoms with Gasteiger partial charge >= 0.3 is 0 Å². The highest BCUT2D eigenvalue weighted by Crippen LogP contribution is 2.36. The number of anilines is 2. The third-order valence-electron chi connectivity index (χ3n) is 6.78. The zero-order valence-electron chi connectivity index (χ0n) is 17.2. The van der Waals surface area contributed by atoms with Gasteiger partial charge < -0.3 is 0 Å². The first kappa shape index (κ1) is 19.1.